The molecule has 0 atom stereocenters. The summed E-state index contributed by atoms with van der Waals surface area (Å²) in [5.74, 6) is -1.34. The summed E-state index contributed by atoms with van der Waals surface area (Å²) in [6, 6.07) is 0. The first-order valence-electron chi connectivity index (χ1n) is 7.26. The predicted octanol–water partition coefficient (Wildman–Crippen LogP) is 2.43. The minimum atomic E-state index is -2.03. The molecule has 2 aliphatic carbocycles. The third kappa shape index (κ3) is 5.17. The van der Waals surface area contributed by atoms with Crippen LogP contribution in [0.4, 0.5) is 0 Å². The molecular formula is C12H22O3. The highest BCUT2D eigenvalue weighted by atomic mass is 16.4. The van der Waals surface area contributed by atoms with E-state index < -0.39 is 24.1 Å². The monoisotopic (exact) mass is 218 g/mol. The molecule has 0 heterocycles. The molecule has 0 aliphatic heterocycles. The maximum absolute atomic E-state index is 10.3. The van der Waals surface area contributed by atoms with Crippen LogP contribution in [0, 0.1) is 10.8 Å². The van der Waals surface area contributed by atoms with Gasteiger partial charge in [-0.25, -0.2) is 0 Å². The smallest absolute Gasteiger partial charge is 0.303 e. The molecule has 0 aromatic rings. The van der Waals surface area contributed by atoms with Crippen molar-refractivity contribution in [3.05, 3.63) is 0 Å². The standard InChI is InChI=1S/C6H10O2.C6H12O/c1-6(2-3-6)4-5(7)8;1-6(2-3-6)4-5-7/h2-4H2,1H3,(H,7,8);7H,2-5H2,1H3/i2*4D2. The van der Waals surface area contributed by atoms with E-state index in [0.29, 0.717) is 12.8 Å². The number of hydrogen-bond donors (Lipinski definition) is 2. The summed E-state index contributed by atoms with van der Waals surface area (Å²) in [6.45, 7) is 3.20. The average Bonchev–Trinajstić information content (AvgIpc) is 3.19. The van der Waals surface area contributed by atoms with Crippen LogP contribution in [0.1, 0.15) is 57.8 Å². The topological polar surface area (TPSA) is 57.5 Å². The molecule has 0 aromatic carbocycles. The summed E-state index contributed by atoms with van der Waals surface area (Å²) < 4.78 is 28.9. The van der Waals surface area contributed by atoms with Crippen LogP contribution in [0.2, 0.25) is 0 Å². The molecule has 0 saturated heterocycles. The Morgan fingerprint density at radius 3 is 1.87 bits per heavy atom. The second kappa shape index (κ2) is 4.52. The molecule has 3 nitrogen and oxygen atoms in total. The Morgan fingerprint density at radius 1 is 1.27 bits per heavy atom. The van der Waals surface area contributed by atoms with Crippen LogP contribution < -0.4 is 0 Å². The van der Waals surface area contributed by atoms with Crippen LogP contribution in [-0.4, -0.2) is 22.8 Å². The zero-order valence-electron chi connectivity index (χ0n) is 13.3. The number of aliphatic hydroxyl groups is 1. The first kappa shape index (κ1) is 7.66. The fourth-order valence-electron chi connectivity index (χ4n) is 1.13. The van der Waals surface area contributed by atoms with E-state index in [4.69, 9.17) is 15.7 Å². The van der Waals surface area contributed by atoms with Gasteiger partial charge in [-0.3, -0.25) is 4.79 Å². The maximum atomic E-state index is 10.3. The fraction of sp³-hybridized carbons (Fsp3) is 0.917. The predicted molar refractivity (Wildman–Crippen MR) is 58.6 cm³/mol. The first-order chi connectivity index (χ1) is 8.42. The number of hydrogen-bond acceptors (Lipinski definition) is 2. The summed E-state index contributed by atoms with van der Waals surface area (Å²) in [6.07, 6.45) is -0.181. The molecule has 2 N–H and O–H groups in total. The molecule has 2 saturated carbocycles. The lowest BCUT2D eigenvalue weighted by Crippen LogP contribution is -2.03. The molecule has 2 aliphatic rings. The van der Waals surface area contributed by atoms with Crippen LogP contribution in [0.15, 0.2) is 0 Å². The molecule has 0 bridgehead atoms. The molecule has 0 unspecified atom stereocenters. The van der Waals surface area contributed by atoms with Gasteiger partial charge in [0.2, 0.25) is 0 Å². The Kier molecular flexibility index (Phi) is 2.31. The molecule has 15 heavy (non-hydrogen) atoms. The highest BCUT2D eigenvalue weighted by Gasteiger charge is 2.39. The third-order valence-corrected chi connectivity index (χ3v) is 2.91. The van der Waals surface area contributed by atoms with Gasteiger partial charge in [-0.05, 0) is 42.9 Å². The van der Waals surface area contributed by atoms with Crippen LogP contribution in [0.3, 0.4) is 0 Å². The van der Waals surface area contributed by atoms with Gasteiger partial charge in [0, 0.05) is 12.1 Å². The van der Waals surface area contributed by atoms with Crippen molar-refractivity contribution in [2.24, 2.45) is 10.8 Å². The van der Waals surface area contributed by atoms with Gasteiger partial charge in [-0.2, -0.15) is 0 Å². The van der Waals surface area contributed by atoms with Crippen LogP contribution >= 0.6 is 0 Å². The lowest BCUT2D eigenvalue weighted by molar-refractivity contribution is -0.138. The van der Waals surface area contributed by atoms with E-state index in [-0.39, 0.29) is 12.0 Å². The molecule has 88 valence electrons. The normalized spacial score (nSPS) is 29.5. The zero-order chi connectivity index (χ0) is 15.1. The number of carboxylic acid groups (broad SMARTS) is 1. The van der Waals surface area contributed by atoms with Crippen molar-refractivity contribution in [1.82, 2.24) is 0 Å². The highest BCUT2D eigenvalue weighted by Crippen LogP contribution is 2.48. The van der Waals surface area contributed by atoms with E-state index in [1.54, 1.807) is 6.92 Å². The maximum Gasteiger partial charge on any atom is 0.303 e. The van der Waals surface area contributed by atoms with Crippen LogP contribution in [0.5, 0.6) is 0 Å². The second-order valence-corrected chi connectivity index (χ2v) is 4.89. The van der Waals surface area contributed by atoms with Crippen molar-refractivity contribution in [3.63, 3.8) is 0 Å². The first-order valence-corrected chi connectivity index (χ1v) is 5.26. The van der Waals surface area contributed by atoms with Gasteiger partial charge in [0.05, 0.1) is 6.37 Å². The molecule has 0 amide bonds. The highest BCUT2D eigenvalue weighted by molar-refractivity contribution is 5.68. The van der Waals surface area contributed by atoms with Crippen LogP contribution in [0.25, 0.3) is 0 Å². The van der Waals surface area contributed by atoms with Crippen molar-refractivity contribution in [2.75, 3.05) is 6.61 Å². The summed E-state index contributed by atoms with van der Waals surface area (Å²) in [7, 11) is 0. The summed E-state index contributed by atoms with van der Waals surface area (Å²) in [5.41, 5.74) is -0.819. The van der Waals surface area contributed by atoms with E-state index >= 15 is 0 Å². The van der Waals surface area contributed by atoms with Gasteiger partial charge in [-0.15, -0.1) is 0 Å². The Hall–Kier alpha value is -0.570. The van der Waals surface area contributed by atoms with Gasteiger partial charge in [0.1, 0.15) is 0 Å². The Balaban J connectivity index is 0.000000191. The average molecular weight is 218 g/mol. The lowest BCUT2D eigenvalue weighted by Gasteiger charge is -2.00. The van der Waals surface area contributed by atoms with E-state index in [0.717, 1.165) is 12.8 Å². The Bertz CT molecular complexity index is 360. The summed E-state index contributed by atoms with van der Waals surface area (Å²) in [5, 5.41) is 17.0. The van der Waals surface area contributed by atoms with Crippen molar-refractivity contribution >= 4 is 5.97 Å². The molecule has 3 heteroatoms. The Morgan fingerprint density at radius 2 is 1.73 bits per heavy atom. The quantitative estimate of drug-likeness (QED) is 0.762. The number of carboxylic acids is 1. The summed E-state index contributed by atoms with van der Waals surface area (Å²) in [4.78, 5) is 10.3. The fourth-order valence-corrected chi connectivity index (χ4v) is 1.13. The molecule has 2 fully saturated rings. The van der Waals surface area contributed by atoms with Gasteiger partial charge in [0.15, 0.2) is 0 Å². The van der Waals surface area contributed by atoms with Gasteiger partial charge >= 0.3 is 5.97 Å². The van der Waals surface area contributed by atoms with E-state index in [2.05, 4.69) is 0 Å². The van der Waals surface area contributed by atoms with Crippen molar-refractivity contribution < 1.29 is 20.5 Å². The third-order valence-electron chi connectivity index (χ3n) is 2.91. The van der Waals surface area contributed by atoms with Crippen LogP contribution in [-0.2, 0) is 4.79 Å². The number of rotatable bonds is 4. The zero-order valence-corrected chi connectivity index (χ0v) is 9.34. The number of aliphatic hydroxyl groups excluding tert-OH is 1. The van der Waals surface area contributed by atoms with Crippen molar-refractivity contribution in [1.29, 1.82) is 0 Å². The molecular weight excluding hydrogens is 192 g/mol. The van der Waals surface area contributed by atoms with Gasteiger partial charge < -0.3 is 10.2 Å². The van der Waals surface area contributed by atoms with E-state index in [9.17, 15) is 4.79 Å². The molecule has 2 rings (SSSR count). The van der Waals surface area contributed by atoms with Gasteiger partial charge in [0.25, 0.3) is 0 Å². The number of carbonyl (C=O) groups is 1. The molecule has 0 aromatic heterocycles. The lowest BCUT2D eigenvalue weighted by atomic mass is 10.1. The summed E-state index contributed by atoms with van der Waals surface area (Å²) >= 11 is 0. The van der Waals surface area contributed by atoms with Crippen molar-refractivity contribution in [3.8, 4) is 0 Å². The van der Waals surface area contributed by atoms with E-state index in [1.165, 1.54) is 0 Å². The second-order valence-electron chi connectivity index (χ2n) is 4.89. The molecule has 0 radical (unpaired) electrons. The minimum absolute atomic E-state index is 0.220. The van der Waals surface area contributed by atoms with Gasteiger partial charge in [-0.1, -0.05) is 13.8 Å². The van der Waals surface area contributed by atoms with E-state index in [1.807, 2.05) is 6.92 Å². The minimum Gasteiger partial charge on any atom is -0.481 e. The van der Waals surface area contributed by atoms with Crippen molar-refractivity contribution in [2.45, 2.75) is 52.3 Å². The number of aliphatic carboxylic acids is 1. The Labute approximate surface area is 97.1 Å². The molecule has 0 spiro atoms. The SMILES string of the molecule is [2H]C([2H])(C(=O)O)C1(C)CC1.[2H]C([2H])(CO)C1(C)CC1. The largest absolute Gasteiger partial charge is 0.481 e.